The Labute approximate surface area is 155 Å². The minimum absolute atomic E-state index is 0.0878. The van der Waals surface area contributed by atoms with Gasteiger partial charge >= 0.3 is 0 Å². The minimum Gasteiger partial charge on any atom is -0.484 e. The molecular weight excluding hydrogens is 350 g/mol. The number of carbonyl (C=O) groups excluding carboxylic acids is 1. The first kappa shape index (κ1) is 20.0. The lowest BCUT2D eigenvalue weighted by Gasteiger charge is -2.11. The molecule has 0 unspecified atom stereocenters. The number of aryl methyl sites for hydroxylation is 1. The van der Waals surface area contributed by atoms with Crippen LogP contribution in [0.1, 0.15) is 31.7 Å². The molecule has 0 aliphatic rings. The van der Waals surface area contributed by atoms with Crippen LogP contribution < -0.4 is 10.1 Å². The van der Waals surface area contributed by atoms with E-state index in [1.165, 1.54) is 30.9 Å². The quantitative estimate of drug-likeness (QED) is 0.676. The highest BCUT2D eigenvalue weighted by Crippen LogP contribution is 2.20. The first-order chi connectivity index (χ1) is 12.4. The molecule has 0 atom stereocenters. The number of sulfone groups is 1. The molecule has 6 heteroatoms. The number of para-hydroxylation sites is 1. The molecule has 1 amide bonds. The van der Waals surface area contributed by atoms with Crippen molar-refractivity contribution in [3.63, 3.8) is 0 Å². The van der Waals surface area contributed by atoms with Gasteiger partial charge in [0.15, 0.2) is 16.4 Å². The van der Waals surface area contributed by atoms with Crippen LogP contribution in [0.25, 0.3) is 0 Å². The summed E-state index contributed by atoms with van der Waals surface area (Å²) in [5.41, 5.74) is 1.51. The van der Waals surface area contributed by atoms with Gasteiger partial charge in [-0.15, -0.1) is 0 Å². The Bertz CT molecular complexity index is 829. The van der Waals surface area contributed by atoms with E-state index in [2.05, 4.69) is 12.2 Å². The Morgan fingerprint density at radius 2 is 1.73 bits per heavy atom. The van der Waals surface area contributed by atoms with Crippen molar-refractivity contribution in [1.82, 2.24) is 0 Å². The second-order valence-corrected chi connectivity index (χ2v) is 8.19. The number of nitrogens with one attached hydrogen (secondary N) is 1. The van der Waals surface area contributed by atoms with Crippen LogP contribution in [0.2, 0.25) is 0 Å². The van der Waals surface area contributed by atoms with Crippen molar-refractivity contribution in [1.29, 1.82) is 0 Å². The fourth-order valence-corrected chi connectivity index (χ4v) is 3.40. The number of ether oxygens (including phenoxy) is 1. The molecule has 0 heterocycles. The molecule has 2 aromatic carbocycles. The Hall–Kier alpha value is -2.34. The average Bonchev–Trinajstić information content (AvgIpc) is 2.61. The lowest BCUT2D eigenvalue weighted by atomic mass is 10.1. The van der Waals surface area contributed by atoms with Crippen LogP contribution in [0.15, 0.2) is 53.4 Å². The molecule has 5 nitrogen and oxygen atoms in total. The summed E-state index contributed by atoms with van der Waals surface area (Å²) in [4.78, 5) is 12.2. The molecule has 0 aliphatic carbocycles. The molecule has 0 radical (unpaired) electrons. The van der Waals surface area contributed by atoms with Crippen molar-refractivity contribution in [2.24, 2.45) is 0 Å². The Kier molecular flexibility index (Phi) is 7.21. The average molecular weight is 375 g/mol. The molecule has 140 valence electrons. The van der Waals surface area contributed by atoms with Crippen molar-refractivity contribution in [2.45, 2.75) is 37.5 Å². The maximum Gasteiger partial charge on any atom is 0.262 e. The number of hydrogen-bond donors (Lipinski definition) is 1. The number of hydrogen-bond acceptors (Lipinski definition) is 4. The summed E-state index contributed by atoms with van der Waals surface area (Å²) in [6, 6.07) is 14.0. The SMILES string of the molecule is CCCCCc1ccc(OCC(=O)Nc2ccccc2S(C)(=O)=O)cc1. The van der Waals surface area contributed by atoms with Gasteiger partial charge in [-0.3, -0.25) is 4.79 Å². The molecule has 0 fully saturated rings. The van der Waals surface area contributed by atoms with Crippen molar-refractivity contribution in [3.8, 4) is 5.75 Å². The third kappa shape index (κ3) is 6.19. The number of amides is 1. The van der Waals surface area contributed by atoms with Crippen LogP contribution in [0.5, 0.6) is 5.75 Å². The predicted octanol–water partition coefficient (Wildman–Crippen LogP) is 3.84. The maximum absolute atomic E-state index is 12.1. The molecule has 0 saturated heterocycles. The lowest BCUT2D eigenvalue weighted by molar-refractivity contribution is -0.118. The van der Waals surface area contributed by atoms with Gasteiger partial charge in [-0.05, 0) is 42.7 Å². The molecule has 0 aliphatic heterocycles. The van der Waals surface area contributed by atoms with E-state index in [9.17, 15) is 13.2 Å². The number of rotatable bonds is 9. The molecule has 0 bridgehead atoms. The summed E-state index contributed by atoms with van der Waals surface area (Å²) in [5.74, 6) is 0.198. The summed E-state index contributed by atoms with van der Waals surface area (Å²) < 4.78 is 29.0. The highest BCUT2D eigenvalue weighted by atomic mass is 32.2. The van der Waals surface area contributed by atoms with Crippen molar-refractivity contribution < 1.29 is 17.9 Å². The highest BCUT2D eigenvalue weighted by Gasteiger charge is 2.14. The number of benzene rings is 2. The van der Waals surface area contributed by atoms with Gasteiger partial charge in [-0.2, -0.15) is 0 Å². The van der Waals surface area contributed by atoms with Gasteiger partial charge in [0, 0.05) is 6.26 Å². The molecule has 1 N–H and O–H groups in total. The van der Waals surface area contributed by atoms with Gasteiger partial charge in [-0.1, -0.05) is 44.0 Å². The Morgan fingerprint density at radius 3 is 2.38 bits per heavy atom. The smallest absolute Gasteiger partial charge is 0.262 e. The van der Waals surface area contributed by atoms with Crippen LogP contribution in [0.3, 0.4) is 0 Å². The summed E-state index contributed by atoms with van der Waals surface area (Å²) in [6.07, 6.45) is 5.72. The summed E-state index contributed by atoms with van der Waals surface area (Å²) in [5, 5.41) is 2.59. The standard InChI is InChI=1S/C20H25NO4S/c1-3-4-5-8-16-11-13-17(14-12-16)25-15-20(22)21-18-9-6-7-10-19(18)26(2,23)24/h6-7,9-14H,3-5,8,15H2,1-2H3,(H,21,22). The van der Waals surface area contributed by atoms with Crippen LogP contribution in [0, 0.1) is 0 Å². The fraction of sp³-hybridized carbons (Fsp3) is 0.350. The first-order valence-corrected chi connectivity index (χ1v) is 10.6. The van der Waals surface area contributed by atoms with Crippen LogP contribution in [0.4, 0.5) is 5.69 Å². The summed E-state index contributed by atoms with van der Waals surface area (Å²) >= 11 is 0. The van der Waals surface area contributed by atoms with E-state index in [0.29, 0.717) is 5.75 Å². The van der Waals surface area contributed by atoms with E-state index < -0.39 is 15.7 Å². The Balaban J connectivity index is 1.90. The number of unbranched alkanes of at least 4 members (excludes halogenated alkanes) is 2. The normalized spacial score (nSPS) is 11.2. The fourth-order valence-electron chi connectivity index (χ4n) is 2.56. The van der Waals surface area contributed by atoms with E-state index in [1.807, 2.05) is 24.3 Å². The monoisotopic (exact) mass is 375 g/mol. The number of carbonyl (C=O) groups is 1. The molecule has 2 aromatic rings. The van der Waals surface area contributed by atoms with E-state index >= 15 is 0 Å². The molecule has 0 spiro atoms. The van der Waals surface area contributed by atoms with Gasteiger partial charge in [0.2, 0.25) is 0 Å². The van der Waals surface area contributed by atoms with E-state index in [0.717, 1.165) is 12.7 Å². The zero-order chi connectivity index (χ0) is 19.0. The second kappa shape index (κ2) is 9.38. The van der Waals surface area contributed by atoms with E-state index in [4.69, 9.17) is 4.74 Å². The number of anilines is 1. The van der Waals surface area contributed by atoms with Gasteiger partial charge in [0.05, 0.1) is 10.6 Å². The summed E-state index contributed by atoms with van der Waals surface area (Å²) in [6.45, 7) is 1.99. The van der Waals surface area contributed by atoms with E-state index in [-0.39, 0.29) is 17.2 Å². The topological polar surface area (TPSA) is 72.5 Å². The van der Waals surface area contributed by atoms with Crippen LogP contribution in [-0.2, 0) is 21.1 Å². The zero-order valence-corrected chi connectivity index (χ0v) is 16.0. The lowest BCUT2D eigenvalue weighted by Crippen LogP contribution is -2.21. The van der Waals surface area contributed by atoms with Gasteiger partial charge < -0.3 is 10.1 Å². The molecule has 0 aromatic heterocycles. The van der Waals surface area contributed by atoms with Crippen LogP contribution in [-0.4, -0.2) is 27.2 Å². The third-order valence-corrected chi connectivity index (χ3v) is 5.08. The van der Waals surface area contributed by atoms with Crippen molar-refractivity contribution in [2.75, 3.05) is 18.2 Å². The molecule has 2 rings (SSSR count). The van der Waals surface area contributed by atoms with E-state index in [1.54, 1.807) is 18.2 Å². The van der Waals surface area contributed by atoms with Gasteiger partial charge in [0.25, 0.3) is 5.91 Å². The molecule has 0 saturated carbocycles. The largest absolute Gasteiger partial charge is 0.484 e. The van der Waals surface area contributed by atoms with Gasteiger partial charge in [-0.25, -0.2) is 8.42 Å². The van der Waals surface area contributed by atoms with Crippen LogP contribution >= 0.6 is 0 Å². The molecule has 26 heavy (non-hydrogen) atoms. The van der Waals surface area contributed by atoms with Crippen molar-refractivity contribution in [3.05, 3.63) is 54.1 Å². The minimum atomic E-state index is -3.42. The Morgan fingerprint density at radius 1 is 1.04 bits per heavy atom. The van der Waals surface area contributed by atoms with Crippen molar-refractivity contribution >= 4 is 21.4 Å². The molecular formula is C20H25NO4S. The summed E-state index contributed by atoms with van der Waals surface area (Å²) in [7, 11) is -3.42. The van der Waals surface area contributed by atoms with Gasteiger partial charge in [0.1, 0.15) is 5.75 Å². The highest BCUT2D eigenvalue weighted by molar-refractivity contribution is 7.90. The zero-order valence-electron chi connectivity index (χ0n) is 15.2. The second-order valence-electron chi connectivity index (χ2n) is 6.21. The third-order valence-electron chi connectivity index (χ3n) is 3.92. The first-order valence-electron chi connectivity index (χ1n) is 8.71. The predicted molar refractivity (Wildman–Crippen MR) is 103 cm³/mol. The maximum atomic E-state index is 12.1.